The van der Waals surface area contributed by atoms with E-state index in [1.807, 2.05) is 60.7 Å². The van der Waals surface area contributed by atoms with Gasteiger partial charge in [0.15, 0.2) is 5.78 Å². The van der Waals surface area contributed by atoms with Gasteiger partial charge in [0.05, 0.1) is 5.56 Å². The zero-order chi connectivity index (χ0) is 20.8. The van der Waals surface area contributed by atoms with Crippen LogP contribution in [0.2, 0.25) is 0 Å². The Hall–Kier alpha value is -3.72. The van der Waals surface area contributed by atoms with Crippen molar-refractivity contribution in [3.63, 3.8) is 0 Å². The lowest BCUT2D eigenvalue weighted by Gasteiger charge is -2.16. The highest BCUT2D eigenvalue weighted by molar-refractivity contribution is 6.13. The van der Waals surface area contributed by atoms with Gasteiger partial charge in [0.2, 0.25) is 0 Å². The second-order valence-corrected chi connectivity index (χ2v) is 7.26. The molecule has 0 aliphatic heterocycles. The van der Waals surface area contributed by atoms with Crippen LogP contribution in [0.1, 0.15) is 40.7 Å². The molecule has 4 rings (SSSR count). The number of rotatable bonds is 4. The Morgan fingerprint density at radius 1 is 0.700 bits per heavy atom. The van der Waals surface area contributed by atoms with Crippen LogP contribution in [0, 0.1) is 0 Å². The van der Waals surface area contributed by atoms with Crippen molar-refractivity contribution < 1.29 is 14.3 Å². The fourth-order valence-electron chi connectivity index (χ4n) is 3.50. The van der Waals surface area contributed by atoms with Gasteiger partial charge in [0, 0.05) is 11.1 Å². The van der Waals surface area contributed by atoms with E-state index in [0.29, 0.717) is 11.3 Å². The van der Waals surface area contributed by atoms with Crippen molar-refractivity contribution in [3.8, 4) is 5.75 Å². The minimum atomic E-state index is -0.389. The fourth-order valence-corrected chi connectivity index (χ4v) is 3.50. The fraction of sp³-hybridized carbons (Fsp3) is 0.111. The van der Waals surface area contributed by atoms with Crippen LogP contribution in [0.5, 0.6) is 5.75 Å². The van der Waals surface area contributed by atoms with Gasteiger partial charge in [-0.2, -0.15) is 0 Å². The van der Waals surface area contributed by atoms with E-state index in [1.54, 1.807) is 36.4 Å². The van der Waals surface area contributed by atoms with Gasteiger partial charge in [-0.25, -0.2) is 4.79 Å². The van der Waals surface area contributed by atoms with Crippen molar-refractivity contribution in [2.75, 3.05) is 0 Å². The molecule has 1 aliphatic rings. The van der Waals surface area contributed by atoms with Gasteiger partial charge in [-0.15, -0.1) is 0 Å². The summed E-state index contributed by atoms with van der Waals surface area (Å²) in [6, 6.07) is 26.1. The molecule has 0 atom stereocenters. The van der Waals surface area contributed by atoms with Crippen LogP contribution < -0.4 is 4.74 Å². The third kappa shape index (κ3) is 4.81. The Morgan fingerprint density at radius 2 is 1.23 bits per heavy atom. The van der Waals surface area contributed by atoms with E-state index in [1.165, 1.54) is 0 Å². The molecule has 30 heavy (non-hydrogen) atoms. The molecule has 0 amide bonds. The minimum absolute atomic E-state index is 0.115. The summed E-state index contributed by atoms with van der Waals surface area (Å²) in [5, 5.41) is 0. The molecule has 1 aliphatic carbocycles. The molecule has 0 saturated heterocycles. The summed E-state index contributed by atoms with van der Waals surface area (Å²) in [4.78, 5) is 25.1. The smallest absolute Gasteiger partial charge is 0.343 e. The Morgan fingerprint density at radius 3 is 1.83 bits per heavy atom. The van der Waals surface area contributed by atoms with Gasteiger partial charge in [-0.05, 0) is 66.8 Å². The van der Waals surface area contributed by atoms with E-state index < -0.39 is 0 Å². The van der Waals surface area contributed by atoms with Crippen LogP contribution in [0.25, 0.3) is 12.2 Å². The molecule has 0 unspecified atom stereocenters. The number of ketones is 1. The molecule has 3 nitrogen and oxygen atoms in total. The highest BCUT2D eigenvalue weighted by Crippen LogP contribution is 2.28. The Labute approximate surface area is 176 Å². The second kappa shape index (κ2) is 9.19. The van der Waals surface area contributed by atoms with Crippen molar-refractivity contribution >= 4 is 23.9 Å². The van der Waals surface area contributed by atoms with E-state index in [2.05, 4.69) is 0 Å². The summed E-state index contributed by atoms with van der Waals surface area (Å²) >= 11 is 0. The van der Waals surface area contributed by atoms with Crippen LogP contribution in [-0.4, -0.2) is 11.8 Å². The summed E-state index contributed by atoms with van der Waals surface area (Å²) in [5.74, 6) is 0.204. The molecule has 0 radical (unpaired) electrons. The SMILES string of the molecule is O=C1/C(=C/c2ccccc2)CCC/C1=C\c1ccc(OC(=O)c2ccccc2)cc1. The lowest BCUT2D eigenvalue weighted by molar-refractivity contribution is -0.112. The van der Waals surface area contributed by atoms with E-state index >= 15 is 0 Å². The standard InChI is InChI=1S/C27H22O3/c28-26-23(18-20-8-3-1-4-9-20)12-7-13-24(26)19-21-14-16-25(17-15-21)30-27(29)22-10-5-2-6-11-22/h1-6,8-11,14-19H,7,12-13H2/b23-18+,24-19+. The first-order valence-corrected chi connectivity index (χ1v) is 10.1. The number of hydrogen-bond donors (Lipinski definition) is 0. The molecule has 3 aromatic carbocycles. The summed E-state index contributed by atoms with van der Waals surface area (Å²) in [6.07, 6.45) is 6.46. The summed E-state index contributed by atoms with van der Waals surface area (Å²) in [7, 11) is 0. The third-order valence-corrected chi connectivity index (χ3v) is 5.06. The number of hydrogen-bond acceptors (Lipinski definition) is 3. The van der Waals surface area contributed by atoms with Crippen LogP contribution in [0.4, 0.5) is 0 Å². The zero-order valence-corrected chi connectivity index (χ0v) is 16.6. The number of Topliss-reactive ketones (excluding diaryl/α,β-unsaturated/α-hetero) is 1. The maximum absolute atomic E-state index is 12.9. The van der Waals surface area contributed by atoms with Gasteiger partial charge >= 0.3 is 5.97 Å². The van der Waals surface area contributed by atoms with Gasteiger partial charge in [0.1, 0.15) is 5.75 Å². The Balaban J connectivity index is 1.47. The monoisotopic (exact) mass is 394 g/mol. The number of allylic oxidation sites excluding steroid dienone is 2. The number of carbonyl (C=O) groups excluding carboxylic acids is 2. The first-order chi connectivity index (χ1) is 14.7. The predicted molar refractivity (Wildman–Crippen MR) is 119 cm³/mol. The number of ether oxygens (including phenoxy) is 1. The third-order valence-electron chi connectivity index (χ3n) is 5.06. The lowest BCUT2D eigenvalue weighted by atomic mass is 9.87. The quantitative estimate of drug-likeness (QED) is 0.304. The molecular formula is C27H22O3. The van der Waals surface area contributed by atoms with E-state index in [0.717, 1.165) is 41.5 Å². The van der Waals surface area contributed by atoms with Crippen LogP contribution >= 0.6 is 0 Å². The maximum atomic E-state index is 12.9. The molecule has 0 aromatic heterocycles. The highest BCUT2D eigenvalue weighted by atomic mass is 16.5. The van der Waals surface area contributed by atoms with Crippen molar-refractivity contribution in [2.45, 2.75) is 19.3 Å². The molecule has 0 heterocycles. The summed E-state index contributed by atoms with van der Waals surface area (Å²) in [5.41, 5.74) is 4.14. The average molecular weight is 394 g/mol. The molecule has 0 bridgehead atoms. The molecule has 1 fully saturated rings. The maximum Gasteiger partial charge on any atom is 0.343 e. The predicted octanol–water partition coefficient (Wildman–Crippen LogP) is 6.13. The zero-order valence-electron chi connectivity index (χ0n) is 16.6. The van der Waals surface area contributed by atoms with Gasteiger partial charge in [0.25, 0.3) is 0 Å². The van der Waals surface area contributed by atoms with E-state index in [4.69, 9.17) is 4.74 Å². The van der Waals surface area contributed by atoms with Crippen molar-refractivity contribution in [1.29, 1.82) is 0 Å². The number of carbonyl (C=O) groups is 2. The van der Waals surface area contributed by atoms with Crippen LogP contribution in [0.15, 0.2) is 96.1 Å². The van der Waals surface area contributed by atoms with Crippen LogP contribution in [-0.2, 0) is 4.79 Å². The molecule has 0 N–H and O–H groups in total. The molecule has 148 valence electrons. The topological polar surface area (TPSA) is 43.4 Å². The van der Waals surface area contributed by atoms with Gasteiger partial charge < -0.3 is 4.74 Å². The molecule has 3 heteroatoms. The lowest BCUT2D eigenvalue weighted by Crippen LogP contribution is -2.12. The summed E-state index contributed by atoms with van der Waals surface area (Å²) < 4.78 is 5.41. The highest BCUT2D eigenvalue weighted by Gasteiger charge is 2.20. The first kappa shape index (κ1) is 19.6. The minimum Gasteiger partial charge on any atom is -0.423 e. The second-order valence-electron chi connectivity index (χ2n) is 7.26. The molecule has 3 aromatic rings. The normalized spacial score (nSPS) is 16.6. The van der Waals surface area contributed by atoms with Crippen molar-refractivity contribution in [1.82, 2.24) is 0 Å². The largest absolute Gasteiger partial charge is 0.423 e. The summed E-state index contributed by atoms with van der Waals surface area (Å²) in [6.45, 7) is 0. The van der Waals surface area contributed by atoms with Gasteiger partial charge in [-0.1, -0.05) is 60.7 Å². The van der Waals surface area contributed by atoms with Crippen LogP contribution in [0.3, 0.4) is 0 Å². The van der Waals surface area contributed by atoms with E-state index in [9.17, 15) is 9.59 Å². The number of benzene rings is 3. The Bertz CT molecular complexity index is 1090. The van der Waals surface area contributed by atoms with Crippen molar-refractivity contribution in [3.05, 3.63) is 113 Å². The Kier molecular flexibility index (Phi) is 6.00. The van der Waals surface area contributed by atoms with Gasteiger partial charge in [-0.3, -0.25) is 4.79 Å². The average Bonchev–Trinajstić information content (AvgIpc) is 2.79. The van der Waals surface area contributed by atoms with E-state index in [-0.39, 0.29) is 11.8 Å². The molecular weight excluding hydrogens is 372 g/mol. The number of esters is 1. The van der Waals surface area contributed by atoms with Crippen molar-refractivity contribution in [2.24, 2.45) is 0 Å². The first-order valence-electron chi connectivity index (χ1n) is 10.1. The molecule has 1 saturated carbocycles. The molecule has 0 spiro atoms.